The van der Waals surface area contributed by atoms with Crippen molar-refractivity contribution in [2.24, 2.45) is 0 Å². The highest BCUT2D eigenvalue weighted by Crippen LogP contribution is 2.14. The van der Waals surface area contributed by atoms with Gasteiger partial charge in [-0.1, -0.05) is 18.2 Å². The normalized spacial score (nSPS) is 11.0. The summed E-state index contributed by atoms with van der Waals surface area (Å²) in [6.07, 6.45) is 1.43. The first-order valence-corrected chi connectivity index (χ1v) is 8.31. The molecular formula is C17H18FN3OS. The maximum atomic E-state index is 13.0. The standard InChI is InChI=1S/C17H18FN3OS/c1-22-9-8-17-19-16(11-15-3-2-10-23-15)20-21(17)12-13-4-6-14(18)7-5-13/h2-7,10H,8-9,11-12H2,1H3. The Balaban J connectivity index is 1.80. The van der Waals surface area contributed by atoms with Crippen molar-refractivity contribution in [2.75, 3.05) is 13.7 Å². The Bertz CT molecular complexity index is 738. The highest BCUT2D eigenvalue weighted by Gasteiger charge is 2.11. The molecule has 0 N–H and O–H groups in total. The maximum Gasteiger partial charge on any atom is 0.156 e. The van der Waals surface area contributed by atoms with E-state index >= 15 is 0 Å². The van der Waals surface area contributed by atoms with Crippen molar-refractivity contribution in [2.45, 2.75) is 19.4 Å². The average Bonchev–Trinajstić information content (AvgIpc) is 3.18. The number of rotatable bonds is 7. The summed E-state index contributed by atoms with van der Waals surface area (Å²) in [5.74, 6) is 1.47. The van der Waals surface area contributed by atoms with Gasteiger partial charge in [0.2, 0.25) is 0 Å². The molecule has 2 aromatic heterocycles. The number of halogens is 1. The summed E-state index contributed by atoms with van der Waals surface area (Å²) in [6.45, 7) is 1.18. The van der Waals surface area contributed by atoms with E-state index < -0.39 is 0 Å². The van der Waals surface area contributed by atoms with E-state index in [1.807, 2.05) is 10.7 Å². The maximum absolute atomic E-state index is 13.0. The van der Waals surface area contributed by atoms with Crippen LogP contribution < -0.4 is 0 Å². The van der Waals surface area contributed by atoms with E-state index in [-0.39, 0.29) is 5.82 Å². The topological polar surface area (TPSA) is 39.9 Å². The van der Waals surface area contributed by atoms with Crippen molar-refractivity contribution < 1.29 is 9.13 Å². The van der Waals surface area contributed by atoms with E-state index in [2.05, 4.69) is 21.5 Å². The molecule has 3 aromatic rings. The van der Waals surface area contributed by atoms with Gasteiger partial charge in [0.1, 0.15) is 11.6 Å². The Morgan fingerprint density at radius 1 is 1.22 bits per heavy atom. The van der Waals surface area contributed by atoms with Gasteiger partial charge in [0.15, 0.2) is 5.82 Å². The predicted molar refractivity (Wildman–Crippen MR) is 88.2 cm³/mol. The van der Waals surface area contributed by atoms with Gasteiger partial charge in [-0.05, 0) is 29.1 Å². The van der Waals surface area contributed by atoms with Gasteiger partial charge in [0, 0.05) is 24.8 Å². The molecule has 0 unspecified atom stereocenters. The van der Waals surface area contributed by atoms with Crippen molar-refractivity contribution in [3.8, 4) is 0 Å². The Labute approximate surface area is 138 Å². The van der Waals surface area contributed by atoms with E-state index in [0.29, 0.717) is 19.6 Å². The molecule has 0 bridgehead atoms. The van der Waals surface area contributed by atoms with Crippen molar-refractivity contribution in [3.05, 3.63) is 69.7 Å². The second-order valence-corrected chi connectivity index (χ2v) is 6.26. The van der Waals surface area contributed by atoms with Crippen molar-refractivity contribution in [1.29, 1.82) is 0 Å². The van der Waals surface area contributed by atoms with Crippen LogP contribution in [-0.4, -0.2) is 28.5 Å². The van der Waals surface area contributed by atoms with Gasteiger partial charge < -0.3 is 4.74 Å². The predicted octanol–water partition coefficient (Wildman–Crippen LogP) is 3.31. The van der Waals surface area contributed by atoms with Crippen LogP contribution in [0.3, 0.4) is 0 Å². The first-order chi connectivity index (χ1) is 11.2. The van der Waals surface area contributed by atoms with Gasteiger partial charge in [-0.3, -0.25) is 0 Å². The third-order valence-electron chi connectivity index (χ3n) is 3.48. The SMILES string of the molecule is COCCc1nc(Cc2cccs2)nn1Cc1ccc(F)cc1. The van der Waals surface area contributed by atoms with Crippen molar-refractivity contribution in [3.63, 3.8) is 0 Å². The highest BCUT2D eigenvalue weighted by molar-refractivity contribution is 7.09. The molecule has 0 atom stereocenters. The van der Waals surface area contributed by atoms with Gasteiger partial charge in [-0.2, -0.15) is 5.10 Å². The fourth-order valence-corrected chi connectivity index (χ4v) is 3.04. The zero-order chi connectivity index (χ0) is 16.1. The minimum absolute atomic E-state index is 0.231. The summed E-state index contributed by atoms with van der Waals surface area (Å²) < 4.78 is 20.1. The van der Waals surface area contributed by atoms with Crippen LogP contribution in [-0.2, 0) is 24.1 Å². The van der Waals surface area contributed by atoms with Crippen LogP contribution in [0.2, 0.25) is 0 Å². The molecule has 2 heterocycles. The number of nitrogens with zero attached hydrogens (tertiary/aromatic N) is 3. The molecule has 0 aliphatic carbocycles. The average molecular weight is 331 g/mol. The van der Waals surface area contributed by atoms with Crippen LogP contribution in [0.15, 0.2) is 41.8 Å². The lowest BCUT2D eigenvalue weighted by Gasteiger charge is -2.05. The van der Waals surface area contributed by atoms with Crippen LogP contribution in [0.4, 0.5) is 4.39 Å². The van der Waals surface area contributed by atoms with Crippen molar-refractivity contribution in [1.82, 2.24) is 14.8 Å². The van der Waals surface area contributed by atoms with E-state index in [1.54, 1.807) is 30.6 Å². The minimum Gasteiger partial charge on any atom is -0.384 e. The molecule has 0 aliphatic heterocycles. The number of ether oxygens (including phenoxy) is 1. The molecule has 3 rings (SSSR count). The van der Waals surface area contributed by atoms with E-state index in [1.165, 1.54) is 17.0 Å². The summed E-state index contributed by atoms with van der Waals surface area (Å²) in [5.41, 5.74) is 0.998. The lowest BCUT2D eigenvalue weighted by atomic mass is 10.2. The zero-order valence-electron chi connectivity index (χ0n) is 12.9. The minimum atomic E-state index is -0.231. The number of benzene rings is 1. The van der Waals surface area contributed by atoms with Crippen LogP contribution >= 0.6 is 11.3 Å². The molecule has 120 valence electrons. The lowest BCUT2D eigenvalue weighted by Crippen LogP contribution is -2.09. The molecule has 0 spiro atoms. The molecule has 1 aromatic carbocycles. The number of thiophene rings is 1. The summed E-state index contributed by atoms with van der Waals surface area (Å²) in [6, 6.07) is 10.6. The summed E-state index contributed by atoms with van der Waals surface area (Å²) in [5, 5.41) is 6.67. The number of aromatic nitrogens is 3. The van der Waals surface area contributed by atoms with E-state index in [9.17, 15) is 4.39 Å². The molecule has 4 nitrogen and oxygen atoms in total. The smallest absolute Gasteiger partial charge is 0.156 e. The van der Waals surface area contributed by atoms with E-state index in [0.717, 1.165) is 23.6 Å². The monoisotopic (exact) mass is 331 g/mol. The molecule has 23 heavy (non-hydrogen) atoms. The van der Waals surface area contributed by atoms with Crippen LogP contribution in [0.5, 0.6) is 0 Å². The molecule has 0 saturated heterocycles. The third-order valence-corrected chi connectivity index (χ3v) is 4.36. The Morgan fingerprint density at radius 2 is 2.04 bits per heavy atom. The molecule has 6 heteroatoms. The highest BCUT2D eigenvalue weighted by atomic mass is 32.1. The Morgan fingerprint density at radius 3 is 2.74 bits per heavy atom. The fraction of sp³-hybridized carbons (Fsp3) is 0.294. The van der Waals surface area contributed by atoms with Gasteiger partial charge in [-0.25, -0.2) is 14.1 Å². The molecule has 0 aliphatic rings. The van der Waals surface area contributed by atoms with Crippen molar-refractivity contribution >= 4 is 11.3 Å². The fourth-order valence-electron chi connectivity index (χ4n) is 2.34. The summed E-state index contributed by atoms with van der Waals surface area (Å²) in [4.78, 5) is 5.88. The van der Waals surface area contributed by atoms with Gasteiger partial charge in [0.05, 0.1) is 13.2 Å². The van der Waals surface area contributed by atoms with Gasteiger partial charge >= 0.3 is 0 Å². The van der Waals surface area contributed by atoms with E-state index in [4.69, 9.17) is 4.74 Å². The zero-order valence-corrected chi connectivity index (χ0v) is 13.7. The first-order valence-electron chi connectivity index (χ1n) is 7.43. The summed E-state index contributed by atoms with van der Waals surface area (Å²) in [7, 11) is 1.67. The second kappa shape index (κ2) is 7.48. The molecule has 0 fully saturated rings. The number of methoxy groups -OCH3 is 1. The number of hydrogen-bond acceptors (Lipinski definition) is 4. The van der Waals surface area contributed by atoms with Gasteiger partial charge in [-0.15, -0.1) is 11.3 Å². The molecule has 0 amide bonds. The van der Waals surface area contributed by atoms with Crippen LogP contribution in [0.1, 0.15) is 22.1 Å². The Hall–Kier alpha value is -2.05. The molecule has 0 saturated carbocycles. The van der Waals surface area contributed by atoms with Crippen LogP contribution in [0.25, 0.3) is 0 Å². The first kappa shape index (κ1) is 15.8. The lowest BCUT2D eigenvalue weighted by molar-refractivity contribution is 0.199. The van der Waals surface area contributed by atoms with Crippen LogP contribution in [0, 0.1) is 5.82 Å². The summed E-state index contributed by atoms with van der Waals surface area (Å²) >= 11 is 1.70. The Kier molecular flexibility index (Phi) is 5.15. The largest absolute Gasteiger partial charge is 0.384 e. The molecule has 0 radical (unpaired) electrons. The van der Waals surface area contributed by atoms with Gasteiger partial charge in [0.25, 0.3) is 0 Å². The quantitative estimate of drug-likeness (QED) is 0.667. The third kappa shape index (κ3) is 4.24. The second-order valence-electron chi connectivity index (χ2n) is 5.23. The number of hydrogen-bond donors (Lipinski definition) is 0. The molecular weight excluding hydrogens is 313 g/mol.